The van der Waals surface area contributed by atoms with Crippen LogP contribution >= 0.6 is 12.4 Å². The number of ether oxygens (including phenoxy) is 1. The molecule has 0 aromatic heterocycles. The van der Waals surface area contributed by atoms with Gasteiger partial charge in [-0.25, -0.2) is 4.79 Å². The van der Waals surface area contributed by atoms with Crippen LogP contribution in [0.1, 0.15) is 104 Å². The van der Waals surface area contributed by atoms with E-state index < -0.39 is 12.0 Å². The van der Waals surface area contributed by atoms with E-state index in [1.54, 1.807) is 0 Å². The highest BCUT2D eigenvalue weighted by Gasteiger charge is 2.63. The number of fused-ring (bicyclic) bond motifs is 5. The Morgan fingerprint density at radius 2 is 1.77 bits per heavy atom. The van der Waals surface area contributed by atoms with Crippen molar-refractivity contribution >= 4 is 24.3 Å². The minimum atomic E-state index is -0.614. The van der Waals surface area contributed by atoms with Gasteiger partial charge in [0.1, 0.15) is 6.04 Å². The van der Waals surface area contributed by atoms with Crippen molar-refractivity contribution in [2.75, 3.05) is 13.7 Å². The summed E-state index contributed by atoms with van der Waals surface area (Å²) in [5, 5.41) is 25.0. The first-order chi connectivity index (χ1) is 18.1. The summed E-state index contributed by atoms with van der Waals surface area (Å²) in [7, 11) is 1.36. The second-order valence-electron chi connectivity index (χ2n) is 13.8. The molecule has 4 saturated carbocycles. The Hall–Kier alpha value is -0.890. The zero-order chi connectivity index (χ0) is 27.7. The fourth-order valence-corrected chi connectivity index (χ4v) is 9.87. The lowest BCUT2D eigenvalue weighted by Crippen LogP contribution is -2.58. The van der Waals surface area contributed by atoms with Gasteiger partial charge >= 0.3 is 5.97 Å². The number of carbonyl (C=O) groups is 2. The molecule has 1 amide bonds. The number of amides is 1. The Bertz CT molecular complexity index is 844. The predicted octanol–water partition coefficient (Wildman–Crippen LogP) is 4.60. The van der Waals surface area contributed by atoms with Crippen LogP contribution in [0.4, 0.5) is 0 Å². The van der Waals surface area contributed by atoms with Crippen molar-refractivity contribution in [1.82, 2.24) is 5.32 Å². The summed E-state index contributed by atoms with van der Waals surface area (Å²) in [4.78, 5) is 25.0. The second kappa shape index (κ2) is 13.4. The molecule has 0 aromatic carbocycles. The van der Waals surface area contributed by atoms with Crippen molar-refractivity contribution in [2.45, 2.75) is 122 Å². The van der Waals surface area contributed by atoms with Gasteiger partial charge in [0.15, 0.2) is 0 Å². The quantitative estimate of drug-likeness (QED) is 0.225. The molecule has 4 rings (SSSR count). The maximum absolute atomic E-state index is 12.8. The maximum atomic E-state index is 12.8. The van der Waals surface area contributed by atoms with E-state index in [4.69, 9.17) is 10.5 Å². The van der Waals surface area contributed by atoms with Gasteiger partial charge in [-0.2, -0.15) is 0 Å². The maximum Gasteiger partial charge on any atom is 0.328 e. The first-order valence-corrected chi connectivity index (χ1v) is 15.5. The molecule has 8 heteroatoms. The van der Waals surface area contributed by atoms with Gasteiger partial charge in [-0.3, -0.25) is 4.79 Å². The number of hydrogen-bond acceptors (Lipinski definition) is 6. The summed E-state index contributed by atoms with van der Waals surface area (Å²) >= 11 is 0. The van der Waals surface area contributed by atoms with Crippen molar-refractivity contribution in [2.24, 2.45) is 52.1 Å². The number of halogens is 1. The van der Waals surface area contributed by atoms with E-state index in [2.05, 4.69) is 26.1 Å². The summed E-state index contributed by atoms with van der Waals surface area (Å²) in [6, 6.07) is -0.614. The third kappa shape index (κ3) is 6.32. The van der Waals surface area contributed by atoms with Crippen molar-refractivity contribution < 1.29 is 24.5 Å². The number of esters is 1. The fourth-order valence-electron chi connectivity index (χ4n) is 9.87. The van der Waals surface area contributed by atoms with E-state index in [9.17, 15) is 19.8 Å². The normalized spacial score (nSPS) is 40.7. The molecule has 0 aromatic rings. The van der Waals surface area contributed by atoms with E-state index in [-0.39, 0.29) is 41.4 Å². The van der Waals surface area contributed by atoms with E-state index in [0.29, 0.717) is 54.9 Å². The van der Waals surface area contributed by atoms with Gasteiger partial charge < -0.3 is 26.0 Å². The molecule has 39 heavy (non-hydrogen) atoms. The summed E-state index contributed by atoms with van der Waals surface area (Å²) in [5.41, 5.74) is 5.72. The minimum absolute atomic E-state index is 0. The Morgan fingerprint density at radius 3 is 2.46 bits per heavy atom. The van der Waals surface area contributed by atoms with Gasteiger partial charge in [-0.1, -0.05) is 20.8 Å². The molecule has 5 N–H and O–H groups in total. The van der Waals surface area contributed by atoms with Crippen LogP contribution in [-0.2, 0) is 14.3 Å². The molecule has 4 aliphatic carbocycles. The Labute approximate surface area is 242 Å². The largest absolute Gasteiger partial charge is 0.467 e. The first-order valence-electron chi connectivity index (χ1n) is 15.5. The molecule has 4 fully saturated rings. The lowest BCUT2D eigenvalue weighted by atomic mass is 9.43. The van der Waals surface area contributed by atoms with Gasteiger partial charge in [0.2, 0.25) is 5.91 Å². The number of carbonyl (C=O) groups excluding carboxylic acids is 2. The van der Waals surface area contributed by atoms with Crippen molar-refractivity contribution in [3.8, 4) is 0 Å². The number of unbranched alkanes of at least 4 members (excludes halogenated alkanes) is 1. The average Bonchev–Trinajstić information content (AvgIpc) is 3.26. The van der Waals surface area contributed by atoms with Gasteiger partial charge in [0.25, 0.3) is 0 Å². The summed E-state index contributed by atoms with van der Waals surface area (Å²) in [6.07, 6.45) is 11.3. The smallest absolute Gasteiger partial charge is 0.328 e. The number of nitrogens with one attached hydrogen (secondary N) is 1. The molecule has 11 atom stereocenters. The van der Waals surface area contributed by atoms with Gasteiger partial charge in [-0.05, 0) is 130 Å². The lowest BCUT2D eigenvalue weighted by molar-refractivity contribution is -0.175. The molecule has 4 aliphatic rings. The zero-order valence-corrected chi connectivity index (χ0v) is 25.5. The third-order valence-electron chi connectivity index (χ3n) is 12.1. The Kier molecular flexibility index (Phi) is 11.2. The SMILES string of the molecule is COC(=O)C(CCCCN)NC(=O)CCC(C)C1CCC2C3CCC4CC(O)CCC4(C)C3CC(O)C12C.Cl. The second-order valence-corrected chi connectivity index (χ2v) is 13.8. The highest BCUT2D eigenvalue weighted by Crippen LogP contribution is 2.68. The molecule has 226 valence electrons. The van der Waals surface area contributed by atoms with Crippen LogP contribution in [0.15, 0.2) is 0 Å². The van der Waals surface area contributed by atoms with E-state index >= 15 is 0 Å². The average molecular weight is 571 g/mol. The molecule has 0 spiro atoms. The zero-order valence-electron chi connectivity index (χ0n) is 24.7. The van der Waals surface area contributed by atoms with E-state index in [0.717, 1.165) is 51.4 Å². The number of aliphatic hydroxyl groups is 2. The van der Waals surface area contributed by atoms with Crippen LogP contribution in [0, 0.1) is 46.3 Å². The molecule has 0 aliphatic heterocycles. The van der Waals surface area contributed by atoms with Crippen LogP contribution in [-0.4, -0.2) is 54.0 Å². The highest BCUT2D eigenvalue weighted by molar-refractivity contribution is 5.85. The molecular formula is C31H55ClN2O5. The third-order valence-corrected chi connectivity index (χ3v) is 12.1. The van der Waals surface area contributed by atoms with Gasteiger partial charge in [0.05, 0.1) is 19.3 Å². The van der Waals surface area contributed by atoms with Gasteiger partial charge in [-0.15, -0.1) is 12.4 Å². The number of nitrogens with two attached hydrogens (primary N) is 1. The minimum Gasteiger partial charge on any atom is -0.467 e. The van der Waals surface area contributed by atoms with Crippen molar-refractivity contribution in [1.29, 1.82) is 0 Å². The lowest BCUT2D eigenvalue weighted by Gasteiger charge is -2.62. The van der Waals surface area contributed by atoms with E-state index in [1.165, 1.54) is 26.4 Å². The predicted molar refractivity (Wildman–Crippen MR) is 155 cm³/mol. The Balaban J connectivity index is 0.00000420. The summed E-state index contributed by atoms with van der Waals surface area (Å²) in [5.74, 6) is 2.56. The number of methoxy groups -OCH3 is 1. The first kappa shape index (κ1) is 32.6. The van der Waals surface area contributed by atoms with Crippen LogP contribution in [0.3, 0.4) is 0 Å². The molecule has 7 nitrogen and oxygen atoms in total. The number of aliphatic hydroxyl groups excluding tert-OH is 2. The fraction of sp³-hybridized carbons (Fsp3) is 0.935. The van der Waals surface area contributed by atoms with Crippen LogP contribution in [0.2, 0.25) is 0 Å². The van der Waals surface area contributed by atoms with E-state index in [1.807, 2.05) is 0 Å². The summed E-state index contributed by atoms with van der Waals surface area (Å²) < 4.78 is 4.90. The van der Waals surface area contributed by atoms with Gasteiger partial charge in [0, 0.05) is 6.42 Å². The topological polar surface area (TPSA) is 122 Å². The molecule has 11 unspecified atom stereocenters. The van der Waals surface area contributed by atoms with Crippen LogP contribution in [0.5, 0.6) is 0 Å². The molecule has 0 heterocycles. The van der Waals surface area contributed by atoms with Crippen LogP contribution in [0.25, 0.3) is 0 Å². The number of rotatable bonds is 10. The highest BCUT2D eigenvalue weighted by atomic mass is 35.5. The summed E-state index contributed by atoms with van der Waals surface area (Å²) in [6.45, 7) is 7.62. The van der Waals surface area contributed by atoms with Crippen LogP contribution < -0.4 is 11.1 Å². The Morgan fingerprint density at radius 1 is 1.03 bits per heavy atom. The molecular weight excluding hydrogens is 516 g/mol. The number of hydrogen-bond donors (Lipinski definition) is 4. The molecule has 0 bridgehead atoms. The standard InChI is InChI=1S/C31H54N2O5.ClH/c1-19(8-13-28(36)33-26(29(37)38-4)7-5-6-16-32)23-11-12-24-22-10-9-20-17-21(34)14-15-30(20,2)25(22)18-27(35)31(23,24)3;/h19-27,34-35H,5-18,32H2,1-4H3,(H,33,36);1H. The monoisotopic (exact) mass is 570 g/mol. The van der Waals surface area contributed by atoms with Crippen molar-refractivity contribution in [3.63, 3.8) is 0 Å². The van der Waals surface area contributed by atoms with Crippen molar-refractivity contribution in [3.05, 3.63) is 0 Å². The molecule has 0 saturated heterocycles. The molecule has 0 radical (unpaired) electrons.